The molecule has 0 radical (unpaired) electrons. The highest BCUT2D eigenvalue weighted by atomic mass is 35.5. The number of carbonyl (C=O) groups is 1. The van der Waals surface area contributed by atoms with Crippen LogP contribution in [0.15, 0.2) is 35.2 Å². The second-order valence-corrected chi connectivity index (χ2v) is 15.2. The number of carbonyl (C=O) groups excluding carboxylic acids is 1. The van der Waals surface area contributed by atoms with E-state index in [2.05, 4.69) is 34.3 Å². The second-order valence-electron chi connectivity index (χ2n) is 12.8. The molecule has 0 aliphatic carbocycles. The molecule has 2 aromatic carbocycles. The second kappa shape index (κ2) is 13.1. The van der Waals surface area contributed by atoms with E-state index in [0.29, 0.717) is 23.7 Å². The average Bonchev–Trinajstić information content (AvgIpc) is 3.84. The van der Waals surface area contributed by atoms with E-state index >= 15 is 0 Å². The third-order valence-electron chi connectivity index (χ3n) is 9.76. The van der Waals surface area contributed by atoms with Gasteiger partial charge in [0.25, 0.3) is 0 Å². The van der Waals surface area contributed by atoms with Crippen LogP contribution in [0.2, 0.25) is 5.02 Å². The maximum Gasteiger partial charge on any atom is 0.354 e. The quantitative estimate of drug-likeness (QED) is 0.179. The summed E-state index contributed by atoms with van der Waals surface area (Å²) in [4.78, 5) is 14.6. The topological polar surface area (TPSA) is 88.1 Å². The number of nitrogens with one attached hydrogen (secondary N) is 1. The zero-order valence-corrected chi connectivity index (χ0v) is 29.9. The predicted octanol–water partition coefficient (Wildman–Crippen LogP) is 7.57. The van der Waals surface area contributed by atoms with E-state index in [0.717, 1.165) is 113 Å². The van der Waals surface area contributed by atoms with Crippen LogP contribution in [0.25, 0.3) is 22.0 Å². The summed E-state index contributed by atoms with van der Waals surface area (Å²) in [6.07, 6.45) is 5.53. The summed E-state index contributed by atoms with van der Waals surface area (Å²) < 4.78 is 18.0. The van der Waals surface area contributed by atoms with Crippen LogP contribution in [0.5, 0.6) is 5.75 Å². The molecular formula is C36H39ClN6O3S2. The largest absolute Gasteiger partial charge is 0.491 e. The van der Waals surface area contributed by atoms with Gasteiger partial charge in [0, 0.05) is 77.2 Å². The number of hydrogen-bond donors (Lipinski definition) is 1. The lowest BCUT2D eigenvalue weighted by Gasteiger charge is -2.22. The molecule has 3 aliphatic heterocycles. The maximum absolute atomic E-state index is 13.4. The Balaban J connectivity index is 1.25. The van der Waals surface area contributed by atoms with E-state index < -0.39 is 0 Å². The molecule has 0 saturated carbocycles. The van der Waals surface area contributed by atoms with Gasteiger partial charge in [-0.25, -0.2) is 4.79 Å². The van der Waals surface area contributed by atoms with Gasteiger partial charge in [0.1, 0.15) is 11.4 Å². The number of thioether (sulfide) groups is 2. The zero-order valence-electron chi connectivity index (χ0n) is 27.5. The van der Waals surface area contributed by atoms with Crippen molar-refractivity contribution < 1.29 is 14.3 Å². The number of aryl methyl sites for hydroxylation is 5. The van der Waals surface area contributed by atoms with Gasteiger partial charge in [0.15, 0.2) is 0 Å². The van der Waals surface area contributed by atoms with Crippen LogP contribution in [-0.2, 0) is 61.9 Å². The van der Waals surface area contributed by atoms with Crippen LogP contribution < -0.4 is 10.1 Å². The Kier molecular flexibility index (Phi) is 8.63. The molecule has 0 saturated heterocycles. The van der Waals surface area contributed by atoms with Gasteiger partial charge in [-0.1, -0.05) is 17.7 Å². The predicted molar refractivity (Wildman–Crippen MR) is 194 cm³/mol. The SMILES string of the molecule is COC(=O)c1c2c3ccc(Cl)c(c3n1C)-c1c(nn3c1CCC3)CSCc1cc(n(C)n1)CSc1cc3c(c(c1)OCCC2)NCCC3. The van der Waals surface area contributed by atoms with Gasteiger partial charge >= 0.3 is 5.97 Å². The van der Waals surface area contributed by atoms with E-state index in [-0.39, 0.29) is 5.97 Å². The Morgan fingerprint density at radius 2 is 1.92 bits per heavy atom. The molecular weight excluding hydrogens is 664 g/mol. The van der Waals surface area contributed by atoms with Crippen molar-refractivity contribution in [1.82, 2.24) is 24.1 Å². The first-order valence-electron chi connectivity index (χ1n) is 16.6. The molecule has 6 heterocycles. The number of rotatable bonds is 1. The molecule has 3 aliphatic rings. The molecule has 3 aromatic heterocycles. The van der Waals surface area contributed by atoms with Crippen molar-refractivity contribution in [1.29, 1.82) is 0 Å². The highest BCUT2D eigenvalue weighted by Crippen LogP contribution is 2.44. The number of esters is 1. The fourth-order valence-corrected chi connectivity index (χ4v) is 9.67. The normalized spacial score (nSPS) is 16.4. The Morgan fingerprint density at radius 3 is 2.79 bits per heavy atom. The zero-order chi connectivity index (χ0) is 32.9. The fraction of sp³-hybridized carbons (Fsp3) is 0.417. The summed E-state index contributed by atoms with van der Waals surface area (Å²) in [6, 6.07) is 10.7. The summed E-state index contributed by atoms with van der Waals surface area (Å²) in [6.45, 7) is 2.36. The number of halogens is 1. The lowest BCUT2D eigenvalue weighted by atomic mass is 9.97. The van der Waals surface area contributed by atoms with Crippen molar-refractivity contribution in [2.24, 2.45) is 14.1 Å². The molecule has 8 bridgehead atoms. The van der Waals surface area contributed by atoms with Crippen molar-refractivity contribution in [2.45, 2.75) is 67.2 Å². The number of ether oxygens (including phenoxy) is 2. The number of methoxy groups -OCH3 is 1. The van der Waals surface area contributed by atoms with Crippen LogP contribution in [0.1, 0.15) is 63.7 Å². The van der Waals surface area contributed by atoms with Gasteiger partial charge in [-0.3, -0.25) is 9.36 Å². The van der Waals surface area contributed by atoms with E-state index in [1.54, 1.807) is 0 Å². The first-order chi connectivity index (χ1) is 23.4. The summed E-state index contributed by atoms with van der Waals surface area (Å²) in [7, 11) is 5.43. The molecule has 12 heteroatoms. The van der Waals surface area contributed by atoms with Crippen LogP contribution in [0.3, 0.4) is 0 Å². The molecule has 0 atom stereocenters. The van der Waals surface area contributed by atoms with Crippen molar-refractivity contribution in [3.8, 4) is 16.9 Å². The summed E-state index contributed by atoms with van der Waals surface area (Å²) >= 11 is 10.8. The Bertz CT molecular complexity index is 2060. The highest BCUT2D eigenvalue weighted by molar-refractivity contribution is 7.98. The van der Waals surface area contributed by atoms with Gasteiger partial charge in [-0.05, 0) is 73.9 Å². The molecule has 48 heavy (non-hydrogen) atoms. The van der Waals surface area contributed by atoms with Gasteiger partial charge in [-0.15, -0.1) is 23.5 Å². The minimum Gasteiger partial charge on any atom is -0.491 e. The molecule has 5 aromatic rings. The Labute approximate surface area is 293 Å². The molecule has 250 valence electrons. The third kappa shape index (κ3) is 5.57. The minimum atomic E-state index is -0.352. The van der Waals surface area contributed by atoms with E-state index in [1.807, 2.05) is 52.9 Å². The Morgan fingerprint density at radius 1 is 1.02 bits per heavy atom. The smallest absolute Gasteiger partial charge is 0.354 e. The van der Waals surface area contributed by atoms with E-state index in [1.165, 1.54) is 29.0 Å². The fourth-order valence-electron chi connectivity index (χ4n) is 7.57. The van der Waals surface area contributed by atoms with Gasteiger partial charge in [0.05, 0.1) is 41.3 Å². The standard InChI is InChI=1S/C36H39ClN6O3S2/c1-41-34-26-10-11-27(37)31(34)32-28(40-43-13-5-9-29(32)43)20-47-18-22-16-23(42(2)39-22)19-48-24-15-21-7-4-12-38-33(21)30(17-24)46-14-6-8-25(26)35(41)36(44)45-3/h10-11,15-17,38H,4-9,12-14,18-20H2,1-3H3. The summed E-state index contributed by atoms with van der Waals surface area (Å²) in [5.74, 6) is 2.88. The van der Waals surface area contributed by atoms with Gasteiger partial charge in [-0.2, -0.15) is 10.2 Å². The number of nitrogens with zero attached hydrogens (tertiary/aromatic N) is 5. The molecule has 0 amide bonds. The van der Waals surface area contributed by atoms with Crippen molar-refractivity contribution in [2.75, 3.05) is 25.6 Å². The molecule has 9 nitrogen and oxygen atoms in total. The summed E-state index contributed by atoms with van der Waals surface area (Å²) in [5.41, 5.74) is 11.4. The molecule has 0 unspecified atom stereocenters. The van der Waals surface area contributed by atoms with Crippen molar-refractivity contribution in [3.05, 3.63) is 75.0 Å². The van der Waals surface area contributed by atoms with E-state index in [9.17, 15) is 4.79 Å². The molecule has 0 fully saturated rings. The molecule has 0 spiro atoms. The highest BCUT2D eigenvalue weighted by Gasteiger charge is 2.30. The summed E-state index contributed by atoms with van der Waals surface area (Å²) in [5, 5.41) is 15.2. The number of hydrogen-bond acceptors (Lipinski definition) is 8. The van der Waals surface area contributed by atoms with Crippen LogP contribution in [0, 0.1) is 0 Å². The van der Waals surface area contributed by atoms with E-state index in [4.69, 9.17) is 31.3 Å². The lowest BCUT2D eigenvalue weighted by Crippen LogP contribution is -2.14. The van der Waals surface area contributed by atoms with Gasteiger partial charge < -0.3 is 19.4 Å². The average molecular weight is 703 g/mol. The third-order valence-corrected chi connectivity index (χ3v) is 12.1. The Hall–Kier alpha value is -3.54. The maximum atomic E-state index is 13.4. The molecule has 1 N–H and O–H groups in total. The first-order valence-corrected chi connectivity index (χ1v) is 19.2. The lowest BCUT2D eigenvalue weighted by molar-refractivity contribution is 0.0589. The van der Waals surface area contributed by atoms with Crippen LogP contribution in [0.4, 0.5) is 5.69 Å². The molecule has 8 rings (SSSR count). The minimum absolute atomic E-state index is 0.352. The number of fused-ring (bicyclic) bond motifs is 10. The first kappa shape index (κ1) is 31.7. The monoisotopic (exact) mass is 702 g/mol. The van der Waals surface area contributed by atoms with Gasteiger partial charge in [0.2, 0.25) is 0 Å². The van der Waals surface area contributed by atoms with Crippen LogP contribution >= 0.6 is 35.1 Å². The number of anilines is 1. The number of aromatic nitrogens is 5. The van der Waals surface area contributed by atoms with Crippen molar-refractivity contribution >= 4 is 57.7 Å². The number of benzene rings is 2. The van der Waals surface area contributed by atoms with Crippen molar-refractivity contribution in [3.63, 3.8) is 0 Å². The van der Waals surface area contributed by atoms with Crippen LogP contribution in [-0.4, -0.2) is 50.4 Å².